The highest BCUT2D eigenvalue weighted by atomic mass is 16.5. The first-order valence-corrected chi connectivity index (χ1v) is 9.75. The Balaban J connectivity index is 0.000000387. The lowest BCUT2D eigenvalue weighted by Gasteiger charge is -2.23. The second-order valence-electron chi connectivity index (χ2n) is 7.86. The highest BCUT2D eigenvalue weighted by molar-refractivity contribution is 5.89. The Hall–Kier alpha value is -1.66. The molecule has 6 nitrogen and oxygen atoms in total. The zero-order valence-corrected chi connectivity index (χ0v) is 17.3. The normalized spacial score (nSPS) is 25.4. The highest BCUT2D eigenvalue weighted by Crippen LogP contribution is 2.66. The third kappa shape index (κ3) is 7.11. The van der Waals surface area contributed by atoms with Crippen LogP contribution in [0.3, 0.4) is 0 Å². The van der Waals surface area contributed by atoms with Gasteiger partial charge in [0.25, 0.3) is 0 Å². The smallest absolute Gasteiger partial charge is 0.328 e. The molecule has 2 N–H and O–H groups in total. The van der Waals surface area contributed by atoms with Gasteiger partial charge in [-0.1, -0.05) is 39.3 Å². The van der Waals surface area contributed by atoms with Crippen LogP contribution in [0.1, 0.15) is 41.0 Å². The molecule has 1 fully saturated rings. The molecule has 0 aromatic rings. The fraction of sp³-hybridized carbons (Fsp3) is 0.714. The monoisotopic (exact) mass is 381 g/mol. The molecular formula is C21H35NO5. The fourth-order valence-electron chi connectivity index (χ4n) is 4.10. The van der Waals surface area contributed by atoms with Crippen LogP contribution in [-0.2, 0) is 14.3 Å². The summed E-state index contributed by atoms with van der Waals surface area (Å²) in [5, 5.41) is 15.6. The van der Waals surface area contributed by atoms with Gasteiger partial charge in [0.2, 0.25) is 0 Å². The van der Waals surface area contributed by atoms with Gasteiger partial charge < -0.3 is 19.8 Å². The Morgan fingerprint density at radius 1 is 1.22 bits per heavy atom. The zero-order chi connectivity index (χ0) is 20.6. The van der Waals surface area contributed by atoms with Crippen molar-refractivity contribution >= 4 is 11.9 Å². The number of carboxylic acids is 2. The van der Waals surface area contributed by atoms with Crippen LogP contribution in [-0.4, -0.2) is 59.9 Å². The fourth-order valence-corrected chi connectivity index (χ4v) is 4.10. The Morgan fingerprint density at radius 2 is 1.78 bits per heavy atom. The van der Waals surface area contributed by atoms with Crippen LogP contribution in [0, 0.1) is 23.2 Å². The molecule has 2 aliphatic carbocycles. The third-order valence-corrected chi connectivity index (χ3v) is 5.96. The molecule has 0 amide bonds. The van der Waals surface area contributed by atoms with Crippen molar-refractivity contribution in [1.82, 2.24) is 4.90 Å². The van der Waals surface area contributed by atoms with Crippen molar-refractivity contribution in [2.75, 3.05) is 32.8 Å². The molecule has 0 radical (unpaired) electrons. The number of hydrogen-bond acceptors (Lipinski definition) is 4. The maximum absolute atomic E-state index is 9.55. The van der Waals surface area contributed by atoms with Crippen molar-refractivity contribution in [3.8, 4) is 0 Å². The minimum absolute atomic E-state index is 0.543. The molecule has 3 atom stereocenters. The van der Waals surface area contributed by atoms with E-state index in [9.17, 15) is 9.59 Å². The van der Waals surface area contributed by atoms with E-state index in [1.807, 2.05) is 0 Å². The molecule has 0 aromatic carbocycles. The maximum atomic E-state index is 9.55. The van der Waals surface area contributed by atoms with E-state index in [0.29, 0.717) is 23.5 Å². The molecule has 154 valence electrons. The molecule has 0 aromatic heterocycles. The number of hydrogen-bond donors (Lipinski definition) is 2. The second-order valence-corrected chi connectivity index (χ2v) is 7.86. The van der Waals surface area contributed by atoms with Gasteiger partial charge in [-0.05, 0) is 43.7 Å². The molecule has 0 saturated heterocycles. The Bertz CT molecular complexity index is 547. The SMILES string of the molecule is CCN(CC)CCOCC1C(C)=CCC2C1C2(C)C.O=C(O)/C=C\C(=O)O. The average molecular weight is 382 g/mol. The molecular weight excluding hydrogens is 346 g/mol. The lowest BCUT2D eigenvalue weighted by atomic mass is 9.88. The summed E-state index contributed by atoms with van der Waals surface area (Å²) in [7, 11) is 0. The number of rotatable bonds is 9. The number of likely N-dealkylation sites (N-methyl/N-ethyl adjacent to an activating group) is 1. The van der Waals surface area contributed by atoms with Gasteiger partial charge in [0, 0.05) is 24.6 Å². The summed E-state index contributed by atoms with van der Waals surface area (Å²) in [6, 6.07) is 0. The molecule has 0 bridgehead atoms. The Kier molecular flexibility index (Phi) is 9.19. The molecule has 1 saturated carbocycles. The molecule has 0 heterocycles. The van der Waals surface area contributed by atoms with Gasteiger partial charge in [-0.2, -0.15) is 0 Å². The molecule has 6 heteroatoms. The predicted molar refractivity (Wildman–Crippen MR) is 106 cm³/mol. The number of carbonyl (C=O) groups is 2. The summed E-state index contributed by atoms with van der Waals surface area (Å²) in [5.74, 6) is -0.0659. The first kappa shape index (κ1) is 23.4. The summed E-state index contributed by atoms with van der Waals surface area (Å²) in [5.41, 5.74) is 2.11. The van der Waals surface area contributed by atoms with Crippen LogP contribution >= 0.6 is 0 Å². The molecule has 2 aliphatic rings. The molecule has 0 aliphatic heterocycles. The zero-order valence-electron chi connectivity index (χ0n) is 17.3. The summed E-state index contributed by atoms with van der Waals surface area (Å²) in [6.07, 6.45) is 4.86. The van der Waals surface area contributed by atoms with Gasteiger partial charge in [0.05, 0.1) is 13.2 Å². The number of fused-ring (bicyclic) bond motifs is 1. The van der Waals surface area contributed by atoms with Crippen molar-refractivity contribution < 1.29 is 24.5 Å². The van der Waals surface area contributed by atoms with Crippen LogP contribution in [0.5, 0.6) is 0 Å². The van der Waals surface area contributed by atoms with E-state index in [1.54, 1.807) is 5.57 Å². The van der Waals surface area contributed by atoms with E-state index in [1.165, 1.54) is 6.42 Å². The molecule has 2 rings (SSSR count). The molecule has 27 heavy (non-hydrogen) atoms. The number of nitrogens with zero attached hydrogens (tertiary/aromatic N) is 1. The lowest BCUT2D eigenvalue weighted by molar-refractivity contribution is -0.134. The Labute approximate surface area is 162 Å². The summed E-state index contributed by atoms with van der Waals surface area (Å²) < 4.78 is 5.99. The third-order valence-electron chi connectivity index (χ3n) is 5.96. The predicted octanol–water partition coefficient (Wildman–Crippen LogP) is 3.30. The van der Waals surface area contributed by atoms with E-state index in [2.05, 4.69) is 45.6 Å². The van der Waals surface area contributed by atoms with Crippen molar-refractivity contribution in [2.45, 2.75) is 41.0 Å². The van der Waals surface area contributed by atoms with Gasteiger partial charge in [-0.3, -0.25) is 0 Å². The largest absolute Gasteiger partial charge is 0.478 e. The van der Waals surface area contributed by atoms with Crippen LogP contribution in [0.25, 0.3) is 0 Å². The van der Waals surface area contributed by atoms with Crippen molar-refractivity contribution in [3.05, 3.63) is 23.8 Å². The van der Waals surface area contributed by atoms with Crippen molar-refractivity contribution in [3.63, 3.8) is 0 Å². The molecule has 3 unspecified atom stereocenters. The van der Waals surface area contributed by atoms with Crippen LogP contribution in [0.15, 0.2) is 23.8 Å². The summed E-state index contributed by atoms with van der Waals surface area (Å²) in [4.78, 5) is 21.5. The first-order chi connectivity index (χ1) is 12.6. The number of ether oxygens (including phenoxy) is 1. The van der Waals surface area contributed by atoms with E-state index < -0.39 is 11.9 Å². The number of carboxylic acid groups (broad SMARTS) is 2. The van der Waals surface area contributed by atoms with Gasteiger partial charge in [0.15, 0.2) is 0 Å². The quantitative estimate of drug-likeness (QED) is 0.362. The molecule has 0 spiro atoms. The standard InChI is InChI=1S/C17H31NO.C4H4O4/c1-6-18(7-2)10-11-19-12-14-13(3)8-9-15-16(14)17(15,4)5;5-3(6)1-2-4(7)8/h8,14-16H,6-7,9-12H2,1-5H3;1-2H,(H,5,6)(H,7,8)/b;2-1-. The maximum Gasteiger partial charge on any atom is 0.328 e. The first-order valence-electron chi connectivity index (χ1n) is 9.75. The van der Waals surface area contributed by atoms with Crippen LogP contribution < -0.4 is 0 Å². The minimum atomic E-state index is -1.26. The van der Waals surface area contributed by atoms with Gasteiger partial charge in [0.1, 0.15) is 0 Å². The van der Waals surface area contributed by atoms with E-state index >= 15 is 0 Å². The minimum Gasteiger partial charge on any atom is -0.478 e. The number of allylic oxidation sites excluding steroid dienone is 1. The summed E-state index contributed by atoms with van der Waals surface area (Å²) in [6.45, 7) is 16.7. The lowest BCUT2D eigenvalue weighted by Crippen LogP contribution is -2.28. The summed E-state index contributed by atoms with van der Waals surface area (Å²) >= 11 is 0. The van der Waals surface area contributed by atoms with E-state index in [0.717, 1.165) is 44.7 Å². The average Bonchev–Trinajstić information content (AvgIpc) is 3.16. The van der Waals surface area contributed by atoms with E-state index in [-0.39, 0.29) is 0 Å². The van der Waals surface area contributed by atoms with Crippen molar-refractivity contribution in [1.29, 1.82) is 0 Å². The van der Waals surface area contributed by atoms with Crippen molar-refractivity contribution in [2.24, 2.45) is 23.2 Å². The van der Waals surface area contributed by atoms with Gasteiger partial charge >= 0.3 is 11.9 Å². The Morgan fingerprint density at radius 3 is 2.26 bits per heavy atom. The van der Waals surface area contributed by atoms with E-state index in [4.69, 9.17) is 14.9 Å². The topological polar surface area (TPSA) is 87.1 Å². The number of aliphatic carboxylic acids is 2. The highest BCUT2D eigenvalue weighted by Gasteiger charge is 2.61. The second kappa shape index (κ2) is 10.6. The van der Waals surface area contributed by atoms with Gasteiger partial charge in [-0.25, -0.2) is 9.59 Å². The van der Waals surface area contributed by atoms with Crippen LogP contribution in [0.4, 0.5) is 0 Å². The van der Waals surface area contributed by atoms with Crippen LogP contribution in [0.2, 0.25) is 0 Å². The van der Waals surface area contributed by atoms with Gasteiger partial charge in [-0.15, -0.1) is 0 Å².